The van der Waals surface area contributed by atoms with Crippen molar-refractivity contribution in [2.24, 2.45) is 16.7 Å². The number of rotatable bonds is 5. The van der Waals surface area contributed by atoms with Gasteiger partial charge in [-0.1, -0.05) is 34.6 Å². The Morgan fingerprint density at radius 1 is 1.32 bits per heavy atom. The predicted molar refractivity (Wildman–Crippen MR) is 88.8 cm³/mol. The third-order valence-electron chi connectivity index (χ3n) is 5.20. The number of aryl methyl sites for hydroxylation is 1. The van der Waals surface area contributed by atoms with Crippen LogP contribution >= 0.6 is 27.3 Å². The summed E-state index contributed by atoms with van der Waals surface area (Å²) >= 11 is 5.68. The predicted octanol–water partition coefficient (Wildman–Crippen LogP) is 5.54. The van der Waals surface area contributed by atoms with Crippen molar-refractivity contribution in [2.45, 2.75) is 54.0 Å². The molecule has 3 heteroatoms. The summed E-state index contributed by atoms with van der Waals surface area (Å²) in [5, 5.41) is 3.79. The summed E-state index contributed by atoms with van der Waals surface area (Å²) in [7, 11) is 0. The van der Waals surface area contributed by atoms with Gasteiger partial charge in [0.1, 0.15) is 0 Å². The van der Waals surface area contributed by atoms with Crippen LogP contribution in [0.5, 0.6) is 0 Å². The fraction of sp³-hybridized carbons (Fsp3) is 0.750. The standard InChI is InChI=1S/C16H26BrNS/c1-7-8-18-12(13-11(17)9-10(2)19-13)14-15(3,4)16(14,5)6/h9,12,14,18H,7-8H2,1-6H3. The van der Waals surface area contributed by atoms with Crippen LogP contribution in [0.2, 0.25) is 0 Å². The summed E-state index contributed by atoms with van der Waals surface area (Å²) < 4.78 is 1.28. The largest absolute Gasteiger partial charge is 0.309 e. The summed E-state index contributed by atoms with van der Waals surface area (Å²) in [5.74, 6) is 0.709. The summed E-state index contributed by atoms with van der Waals surface area (Å²) in [6.07, 6.45) is 1.19. The molecule has 0 radical (unpaired) electrons. The van der Waals surface area contributed by atoms with Crippen molar-refractivity contribution in [2.75, 3.05) is 6.54 Å². The van der Waals surface area contributed by atoms with Crippen molar-refractivity contribution >= 4 is 27.3 Å². The van der Waals surface area contributed by atoms with E-state index in [0.717, 1.165) is 6.54 Å². The third-order valence-corrected chi connectivity index (χ3v) is 7.25. The first-order valence-electron chi connectivity index (χ1n) is 7.22. The normalized spacial score (nSPS) is 22.5. The van der Waals surface area contributed by atoms with Gasteiger partial charge in [0, 0.05) is 20.3 Å². The number of hydrogen-bond acceptors (Lipinski definition) is 2. The van der Waals surface area contributed by atoms with Crippen LogP contribution in [-0.4, -0.2) is 6.54 Å². The maximum Gasteiger partial charge on any atom is 0.0465 e. The monoisotopic (exact) mass is 343 g/mol. The molecule has 1 N–H and O–H groups in total. The summed E-state index contributed by atoms with van der Waals surface area (Å²) in [4.78, 5) is 2.87. The van der Waals surface area contributed by atoms with Gasteiger partial charge in [0.15, 0.2) is 0 Å². The van der Waals surface area contributed by atoms with Crippen molar-refractivity contribution in [3.8, 4) is 0 Å². The molecule has 1 aromatic rings. The van der Waals surface area contributed by atoms with Crippen molar-refractivity contribution in [1.82, 2.24) is 5.32 Å². The van der Waals surface area contributed by atoms with Crippen LogP contribution in [0.4, 0.5) is 0 Å². The van der Waals surface area contributed by atoms with E-state index in [0.29, 0.717) is 22.8 Å². The van der Waals surface area contributed by atoms with E-state index in [2.05, 4.69) is 68.9 Å². The van der Waals surface area contributed by atoms with Gasteiger partial charge in [-0.15, -0.1) is 11.3 Å². The van der Waals surface area contributed by atoms with Gasteiger partial charge in [0.05, 0.1) is 0 Å². The van der Waals surface area contributed by atoms with Gasteiger partial charge in [-0.3, -0.25) is 0 Å². The van der Waals surface area contributed by atoms with Crippen molar-refractivity contribution in [1.29, 1.82) is 0 Å². The quantitative estimate of drug-likeness (QED) is 0.739. The Bertz CT molecular complexity index is 447. The molecular formula is C16H26BrNS. The number of halogens is 1. The molecule has 19 heavy (non-hydrogen) atoms. The van der Waals surface area contributed by atoms with Gasteiger partial charge < -0.3 is 5.32 Å². The highest BCUT2D eigenvalue weighted by atomic mass is 79.9. The van der Waals surface area contributed by atoms with Gasteiger partial charge in [-0.25, -0.2) is 0 Å². The minimum absolute atomic E-state index is 0.412. The first-order valence-corrected chi connectivity index (χ1v) is 8.83. The molecule has 1 saturated carbocycles. The molecular weight excluding hydrogens is 318 g/mol. The number of nitrogens with one attached hydrogen (secondary N) is 1. The van der Waals surface area contributed by atoms with Gasteiger partial charge in [-0.2, -0.15) is 0 Å². The van der Waals surface area contributed by atoms with Crippen LogP contribution in [0.25, 0.3) is 0 Å². The minimum atomic E-state index is 0.412. The van der Waals surface area contributed by atoms with Crippen molar-refractivity contribution in [3.63, 3.8) is 0 Å². The van der Waals surface area contributed by atoms with E-state index in [1.165, 1.54) is 20.6 Å². The topological polar surface area (TPSA) is 12.0 Å². The maximum atomic E-state index is 3.79. The zero-order valence-corrected chi connectivity index (χ0v) is 15.3. The van der Waals surface area contributed by atoms with E-state index >= 15 is 0 Å². The van der Waals surface area contributed by atoms with Gasteiger partial charge in [0.25, 0.3) is 0 Å². The smallest absolute Gasteiger partial charge is 0.0465 e. The molecule has 1 aliphatic carbocycles. The van der Waals surface area contributed by atoms with Crippen molar-refractivity contribution < 1.29 is 0 Å². The molecule has 0 aromatic carbocycles. The molecule has 1 atom stereocenters. The number of thiophene rings is 1. The Labute approximate surface area is 130 Å². The van der Waals surface area contributed by atoms with Gasteiger partial charge in [0.2, 0.25) is 0 Å². The highest BCUT2D eigenvalue weighted by Gasteiger charge is 2.67. The van der Waals surface area contributed by atoms with Crippen molar-refractivity contribution in [3.05, 3.63) is 20.3 Å². The lowest BCUT2D eigenvalue weighted by Gasteiger charge is -2.20. The molecule has 0 aliphatic heterocycles. The van der Waals surface area contributed by atoms with Gasteiger partial charge in [-0.05, 0) is 58.6 Å². The Hall–Kier alpha value is 0.140. The average molecular weight is 344 g/mol. The van der Waals surface area contributed by atoms with E-state index in [1.54, 1.807) is 0 Å². The summed E-state index contributed by atoms with van der Waals surface area (Å²) in [6.45, 7) is 15.2. The molecule has 1 nitrogen and oxygen atoms in total. The van der Waals surface area contributed by atoms with Gasteiger partial charge >= 0.3 is 0 Å². The maximum absolute atomic E-state index is 3.79. The van der Waals surface area contributed by atoms with E-state index in [4.69, 9.17) is 0 Å². The van der Waals surface area contributed by atoms with E-state index in [9.17, 15) is 0 Å². The van der Waals surface area contributed by atoms with Crippen LogP contribution in [0.3, 0.4) is 0 Å². The lowest BCUT2D eigenvalue weighted by molar-refractivity contribution is 0.414. The summed E-state index contributed by atoms with van der Waals surface area (Å²) in [6, 6.07) is 2.74. The lowest BCUT2D eigenvalue weighted by Crippen LogP contribution is -2.25. The number of hydrogen-bond donors (Lipinski definition) is 1. The van der Waals surface area contributed by atoms with Crippen LogP contribution in [0.15, 0.2) is 10.5 Å². The second-order valence-corrected chi connectivity index (χ2v) is 9.06. The van der Waals surface area contributed by atoms with Crippen LogP contribution < -0.4 is 5.32 Å². The molecule has 0 spiro atoms. The zero-order chi connectivity index (χ0) is 14.4. The highest BCUT2D eigenvalue weighted by Crippen LogP contribution is 2.72. The fourth-order valence-corrected chi connectivity index (χ4v) is 5.47. The molecule has 1 heterocycles. The second-order valence-electron chi connectivity index (χ2n) is 6.92. The molecule has 108 valence electrons. The summed E-state index contributed by atoms with van der Waals surface area (Å²) in [5.41, 5.74) is 0.825. The fourth-order valence-electron chi connectivity index (χ4n) is 3.46. The average Bonchev–Trinajstić information content (AvgIpc) is 2.56. The molecule has 1 aliphatic rings. The minimum Gasteiger partial charge on any atom is -0.309 e. The Kier molecular flexibility index (Phi) is 4.22. The first-order chi connectivity index (χ1) is 8.73. The molecule has 2 rings (SSSR count). The third kappa shape index (κ3) is 2.54. The highest BCUT2D eigenvalue weighted by molar-refractivity contribution is 9.10. The molecule has 1 aromatic heterocycles. The lowest BCUT2D eigenvalue weighted by atomic mass is 10.0. The van der Waals surface area contributed by atoms with E-state index in [-0.39, 0.29) is 0 Å². The Morgan fingerprint density at radius 3 is 2.26 bits per heavy atom. The zero-order valence-electron chi connectivity index (χ0n) is 12.9. The SMILES string of the molecule is CCCNC(c1sc(C)cc1Br)C1C(C)(C)C1(C)C. The molecule has 1 fully saturated rings. The second kappa shape index (κ2) is 5.16. The Balaban J connectivity index is 2.31. The van der Waals surface area contributed by atoms with Crippen LogP contribution in [-0.2, 0) is 0 Å². The van der Waals surface area contributed by atoms with Crippen LogP contribution in [0.1, 0.15) is 56.8 Å². The molecule has 1 unspecified atom stereocenters. The Morgan fingerprint density at radius 2 is 1.89 bits per heavy atom. The molecule has 0 amide bonds. The van der Waals surface area contributed by atoms with Crippen LogP contribution in [0, 0.1) is 23.7 Å². The molecule has 0 saturated heterocycles. The van der Waals surface area contributed by atoms with E-state index < -0.39 is 0 Å². The van der Waals surface area contributed by atoms with E-state index in [1.807, 2.05) is 11.3 Å². The molecule has 0 bridgehead atoms. The first kappa shape index (κ1) is 15.5.